The molecule has 0 rings (SSSR count). The largest absolute Gasteiger partial charge is 4.00 e. The molecule has 0 aliphatic rings. The van der Waals surface area contributed by atoms with E-state index in [-0.39, 0.29) is 52.4 Å². The van der Waals surface area contributed by atoms with Crippen LogP contribution in [0.1, 0.15) is 0 Å². The first-order valence-corrected chi connectivity index (χ1v) is 5.19. The van der Waals surface area contributed by atoms with Crippen molar-refractivity contribution in [1.29, 1.82) is 0 Å². The number of aliphatic carboxylic acids is 4. The van der Waals surface area contributed by atoms with Crippen LogP contribution in [0.15, 0.2) is 0 Å². The number of carbonyl (C=O) groups is 4. The molecule has 0 heterocycles. The fraction of sp³-hybridized carbons (Fsp3) is 0.500. The molecule has 0 spiro atoms. The summed E-state index contributed by atoms with van der Waals surface area (Å²) in [6.07, 6.45) is 0. The van der Waals surface area contributed by atoms with Gasteiger partial charge in [0.2, 0.25) is 0 Å². The first-order valence-electron chi connectivity index (χ1n) is 4.85. The maximum Gasteiger partial charge on any atom is 4.00 e. The monoisotopic (exact) mass is 438 g/mol. The van der Waals surface area contributed by atoms with Gasteiger partial charge in [-0.15, -0.1) is 0 Å². The molecule has 0 aliphatic heterocycles. The number of carboxylic acid groups (broad SMARTS) is 4. The molecule has 15 heteroatoms. The molecule has 0 unspecified atom stereocenters. The van der Waals surface area contributed by atoms with E-state index in [9.17, 15) is 0 Å². The summed E-state index contributed by atoms with van der Waals surface area (Å²) >= 11 is 3.64. The van der Waals surface area contributed by atoms with E-state index in [1.165, 1.54) is 0 Å². The van der Waals surface area contributed by atoms with E-state index in [0.717, 1.165) is 0 Å². The minimum Gasteiger partial charge on any atom is -0.549 e. The summed E-state index contributed by atoms with van der Waals surface area (Å²) in [5, 5.41) is 36.5. The number of hydrogen-bond donors (Lipinski definition) is 5. The second-order valence-electron chi connectivity index (χ2n) is 2.30. The Hall–Kier alpha value is -1.15. The topological polar surface area (TPSA) is 285 Å². The Morgan fingerprint density at radius 2 is 0.652 bits per heavy atom. The fourth-order valence-corrected chi connectivity index (χ4v) is 0. The first kappa shape index (κ1) is 37.8. The molecular weight excluding hydrogens is 423 g/mol. The summed E-state index contributed by atoms with van der Waals surface area (Å²) in [5.41, 5.74) is 18.0. The van der Waals surface area contributed by atoms with Crippen LogP contribution in [0, 0.1) is 0 Å². The van der Waals surface area contributed by atoms with Crippen LogP contribution < -0.4 is 43.4 Å². The van der Waals surface area contributed by atoms with E-state index in [0.29, 0.717) is 0 Å². The van der Waals surface area contributed by atoms with Gasteiger partial charge in [-0.05, 0) is 0 Å². The van der Waals surface area contributed by atoms with Gasteiger partial charge in [0.1, 0.15) is 0 Å². The van der Waals surface area contributed by atoms with E-state index in [4.69, 9.17) is 44.3 Å². The second kappa shape index (κ2) is 37.3. The summed E-state index contributed by atoms with van der Waals surface area (Å²) < 4.78 is 6.47. The van der Waals surface area contributed by atoms with E-state index in [1.807, 2.05) is 0 Å². The Morgan fingerprint density at radius 1 is 0.609 bits per heavy atom. The van der Waals surface area contributed by atoms with Crippen molar-refractivity contribution in [3.05, 3.63) is 0 Å². The van der Waals surface area contributed by atoms with Gasteiger partial charge in [0, 0.05) is 26.2 Å². The minimum atomic E-state index is -1.22. The summed E-state index contributed by atoms with van der Waals surface area (Å²) in [5.74, 6) is -4.87. The molecular formula is C8H17ClN4O9Zr. The Bertz CT molecular complexity index is 241. The maximum atomic E-state index is 9.13. The number of hydrogen-bond acceptors (Lipinski definition) is 13. The SMILES string of the molecule is NCC(=O)[O-].NCC(=O)[O-].NCC(=O)[O-].NCC(=O)[O-].OCl.[Zr+4]. The normalized spacial score (nSPS) is 6.70. The molecule has 9 N–H and O–H groups in total. The zero-order chi connectivity index (χ0) is 19.1. The molecule has 0 radical (unpaired) electrons. The molecule has 13 nitrogen and oxygen atoms in total. The number of rotatable bonds is 4. The van der Waals surface area contributed by atoms with Crippen LogP contribution in [0.3, 0.4) is 0 Å². The van der Waals surface area contributed by atoms with Crippen LogP contribution in [-0.2, 0) is 45.4 Å². The van der Waals surface area contributed by atoms with Gasteiger partial charge < -0.3 is 62.5 Å². The molecule has 0 atom stereocenters. The van der Waals surface area contributed by atoms with Crippen LogP contribution in [0.2, 0.25) is 0 Å². The molecule has 0 amide bonds. The maximum absolute atomic E-state index is 9.13. The van der Waals surface area contributed by atoms with Gasteiger partial charge in [0.05, 0.1) is 35.7 Å². The van der Waals surface area contributed by atoms with Crippen LogP contribution in [0.4, 0.5) is 0 Å². The van der Waals surface area contributed by atoms with Crippen molar-refractivity contribution in [3.8, 4) is 0 Å². The van der Waals surface area contributed by atoms with Gasteiger partial charge in [-0.3, -0.25) is 4.66 Å². The van der Waals surface area contributed by atoms with Crippen molar-refractivity contribution in [2.45, 2.75) is 0 Å². The Kier molecular flexibility index (Phi) is 61.2. The summed E-state index contributed by atoms with van der Waals surface area (Å²) in [6.45, 7) is -1.56. The zero-order valence-electron chi connectivity index (χ0n) is 11.7. The van der Waals surface area contributed by atoms with Gasteiger partial charge in [0.15, 0.2) is 0 Å². The zero-order valence-corrected chi connectivity index (χ0v) is 14.9. The third-order valence-electron chi connectivity index (χ3n) is 0.667. The average molecular weight is 440 g/mol. The Balaban J connectivity index is -0.0000000398. The number of nitrogens with two attached hydrogens (primary N) is 4. The van der Waals surface area contributed by atoms with Crippen LogP contribution >= 0.6 is 11.9 Å². The van der Waals surface area contributed by atoms with Crippen molar-refractivity contribution in [1.82, 2.24) is 0 Å². The summed E-state index contributed by atoms with van der Waals surface area (Å²) in [7, 11) is 0. The molecule has 134 valence electrons. The van der Waals surface area contributed by atoms with Crippen molar-refractivity contribution < 1.29 is 70.5 Å². The number of carbonyl (C=O) groups excluding carboxylic acids is 4. The Labute approximate surface area is 155 Å². The minimum absolute atomic E-state index is 0. The van der Waals surface area contributed by atoms with Crippen LogP contribution in [-0.4, -0.2) is 54.7 Å². The fourth-order valence-electron chi connectivity index (χ4n) is 0. The molecule has 0 saturated heterocycles. The molecule has 0 aliphatic carbocycles. The van der Waals surface area contributed by atoms with Crippen molar-refractivity contribution in [3.63, 3.8) is 0 Å². The third kappa shape index (κ3) is 158. The van der Waals surface area contributed by atoms with Gasteiger partial charge >= 0.3 is 26.2 Å². The van der Waals surface area contributed by atoms with E-state index in [2.05, 4.69) is 34.8 Å². The molecule has 0 bridgehead atoms. The van der Waals surface area contributed by atoms with Gasteiger partial charge in [-0.2, -0.15) is 0 Å². The van der Waals surface area contributed by atoms with E-state index in [1.54, 1.807) is 0 Å². The van der Waals surface area contributed by atoms with Gasteiger partial charge in [0.25, 0.3) is 0 Å². The van der Waals surface area contributed by atoms with Gasteiger partial charge in [-0.25, -0.2) is 0 Å². The molecule has 0 aromatic heterocycles. The molecule has 23 heavy (non-hydrogen) atoms. The Morgan fingerprint density at radius 3 is 0.652 bits per heavy atom. The number of carboxylic acids is 4. The predicted octanol–water partition coefficient (Wildman–Crippen LogP) is -9.09. The molecule has 0 fully saturated rings. The first-order chi connectivity index (χ1) is 10.1. The molecule has 0 aromatic carbocycles. The van der Waals surface area contributed by atoms with Crippen LogP contribution in [0.25, 0.3) is 0 Å². The third-order valence-corrected chi connectivity index (χ3v) is 0.667. The van der Waals surface area contributed by atoms with Gasteiger partial charge in [-0.1, -0.05) is 0 Å². The predicted molar refractivity (Wildman–Crippen MR) is 64.3 cm³/mol. The number of halogens is 1. The van der Waals surface area contributed by atoms with Crippen molar-refractivity contribution >= 4 is 35.7 Å². The average Bonchev–Trinajstić information content (AvgIpc) is 2.50. The molecule has 0 aromatic rings. The van der Waals surface area contributed by atoms with Crippen molar-refractivity contribution in [2.24, 2.45) is 22.9 Å². The quantitative estimate of drug-likeness (QED) is 0.272. The smallest absolute Gasteiger partial charge is 0.549 e. The summed E-state index contributed by atoms with van der Waals surface area (Å²) in [4.78, 5) is 36.5. The van der Waals surface area contributed by atoms with E-state index < -0.39 is 23.9 Å². The van der Waals surface area contributed by atoms with E-state index >= 15 is 0 Å². The van der Waals surface area contributed by atoms with Crippen LogP contribution in [0.5, 0.6) is 0 Å². The summed E-state index contributed by atoms with van der Waals surface area (Å²) in [6, 6.07) is 0. The standard InChI is InChI=1S/4C2H5NO2.ClHO.Zr/c4*3-1-2(4)5;1-2;/h4*1,3H2,(H,4,5);2H;/q;;;;;+4/p-4. The second-order valence-corrected chi connectivity index (χ2v) is 2.30. The molecule has 0 saturated carbocycles. The van der Waals surface area contributed by atoms with Crippen molar-refractivity contribution in [2.75, 3.05) is 26.2 Å².